The molecule has 1 amide bonds. The van der Waals surface area contributed by atoms with Gasteiger partial charge in [0, 0.05) is 40.7 Å². The van der Waals surface area contributed by atoms with Crippen LogP contribution in [0.5, 0.6) is 0 Å². The van der Waals surface area contributed by atoms with Crippen molar-refractivity contribution in [2.75, 3.05) is 18.4 Å². The van der Waals surface area contributed by atoms with Gasteiger partial charge in [-0.05, 0) is 44.5 Å². The topological polar surface area (TPSA) is 78.4 Å². The second-order valence-electron chi connectivity index (χ2n) is 5.74. The fraction of sp³-hybridized carbons (Fsp3) is 0.389. The summed E-state index contributed by atoms with van der Waals surface area (Å²) in [4.78, 5) is 22.1. The monoisotopic (exact) mass is 437 g/mol. The highest BCUT2D eigenvalue weighted by molar-refractivity contribution is 9.10. The van der Waals surface area contributed by atoms with Gasteiger partial charge in [0.15, 0.2) is 5.96 Å². The average Bonchev–Trinajstić information content (AvgIpc) is 3.00. The Morgan fingerprint density at radius 3 is 2.77 bits per heavy atom. The Balaban J connectivity index is 1.81. The van der Waals surface area contributed by atoms with E-state index in [1.807, 2.05) is 45.2 Å². The van der Waals surface area contributed by atoms with Crippen LogP contribution < -0.4 is 16.0 Å². The van der Waals surface area contributed by atoms with Crippen molar-refractivity contribution in [3.63, 3.8) is 0 Å². The average molecular weight is 438 g/mol. The second-order valence-corrected chi connectivity index (χ2v) is 7.98. The van der Waals surface area contributed by atoms with Crippen LogP contribution in [0.15, 0.2) is 33.9 Å². The predicted octanol–water partition coefficient (Wildman–Crippen LogP) is 3.61. The first kappa shape index (κ1) is 20.4. The number of amides is 1. The fourth-order valence-corrected chi connectivity index (χ4v) is 3.42. The van der Waals surface area contributed by atoms with Crippen LogP contribution in [-0.2, 0) is 11.3 Å². The molecule has 2 rings (SSSR count). The van der Waals surface area contributed by atoms with E-state index in [1.54, 1.807) is 11.3 Å². The largest absolute Gasteiger partial charge is 0.357 e. The Bertz CT molecular complexity index is 775. The maximum Gasteiger partial charge on any atom is 0.226 e. The minimum absolute atomic E-state index is 0.0330. The molecule has 0 saturated heterocycles. The van der Waals surface area contributed by atoms with Gasteiger partial charge in [0.1, 0.15) is 5.01 Å². The van der Waals surface area contributed by atoms with Crippen molar-refractivity contribution in [2.45, 2.75) is 33.7 Å². The van der Waals surface area contributed by atoms with Crippen molar-refractivity contribution in [2.24, 2.45) is 4.99 Å². The maximum absolute atomic E-state index is 12.1. The smallest absolute Gasteiger partial charge is 0.226 e. The van der Waals surface area contributed by atoms with Gasteiger partial charge in [0.25, 0.3) is 0 Å². The third kappa shape index (κ3) is 6.76. The Hall–Kier alpha value is -1.93. The molecule has 0 atom stereocenters. The van der Waals surface area contributed by atoms with Gasteiger partial charge in [-0.3, -0.25) is 4.79 Å². The molecular weight excluding hydrogens is 414 g/mol. The summed E-state index contributed by atoms with van der Waals surface area (Å²) >= 11 is 5.06. The highest BCUT2D eigenvalue weighted by Gasteiger charge is 2.06. The number of anilines is 1. The molecule has 0 fully saturated rings. The Kier molecular flexibility index (Phi) is 8.06. The Labute approximate surface area is 166 Å². The summed E-state index contributed by atoms with van der Waals surface area (Å²) in [6, 6.07) is 5.79. The van der Waals surface area contributed by atoms with Gasteiger partial charge in [0.05, 0.1) is 6.54 Å². The zero-order valence-corrected chi connectivity index (χ0v) is 17.6. The molecule has 140 valence electrons. The summed E-state index contributed by atoms with van der Waals surface area (Å²) in [7, 11) is 0. The van der Waals surface area contributed by atoms with E-state index >= 15 is 0 Å². The van der Waals surface area contributed by atoms with E-state index < -0.39 is 0 Å². The zero-order chi connectivity index (χ0) is 18.9. The molecule has 0 saturated carbocycles. The summed E-state index contributed by atoms with van der Waals surface area (Å²) < 4.78 is 0.997. The van der Waals surface area contributed by atoms with Gasteiger partial charge in [0.2, 0.25) is 5.91 Å². The lowest BCUT2D eigenvalue weighted by Gasteiger charge is -2.12. The lowest BCUT2D eigenvalue weighted by molar-refractivity contribution is -0.116. The molecule has 1 heterocycles. The van der Waals surface area contributed by atoms with Crippen molar-refractivity contribution in [3.05, 3.63) is 44.3 Å². The summed E-state index contributed by atoms with van der Waals surface area (Å²) in [5.74, 6) is 0.655. The van der Waals surface area contributed by atoms with Gasteiger partial charge in [-0.2, -0.15) is 0 Å². The molecule has 0 bridgehead atoms. The van der Waals surface area contributed by atoms with Crippen LogP contribution in [0.25, 0.3) is 0 Å². The quantitative estimate of drug-likeness (QED) is 0.456. The Morgan fingerprint density at radius 1 is 1.31 bits per heavy atom. The van der Waals surface area contributed by atoms with Crippen molar-refractivity contribution in [1.82, 2.24) is 15.6 Å². The molecule has 0 unspecified atom stereocenters. The number of rotatable bonds is 7. The van der Waals surface area contributed by atoms with Crippen LogP contribution in [0, 0.1) is 13.8 Å². The first-order chi connectivity index (χ1) is 12.5. The van der Waals surface area contributed by atoms with Crippen molar-refractivity contribution < 1.29 is 4.79 Å². The minimum Gasteiger partial charge on any atom is -0.357 e. The standard InChI is InChI=1S/C18H24BrN5OS/c1-4-20-18(23-11-17-22-10-13(3)26-17)21-8-7-16(25)24-15-6-5-14(19)9-12(15)2/h5-6,9-10H,4,7-8,11H2,1-3H3,(H,24,25)(H2,20,21,23). The minimum atomic E-state index is -0.0330. The van der Waals surface area contributed by atoms with Gasteiger partial charge >= 0.3 is 0 Å². The molecule has 1 aromatic carbocycles. The number of carbonyl (C=O) groups excluding carboxylic acids is 1. The van der Waals surface area contributed by atoms with Crippen LogP contribution in [0.3, 0.4) is 0 Å². The molecule has 3 N–H and O–H groups in total. The number of guanidine groups is 1. The van der Waals surface area contributed by atoms with E-state index in [1.165, 1.54) is 4.88 Å². The number of thiazole rings is 1. The van der Waals surface area contributed by atoms with Crippen molar-refractivity contribution >= 4 is 44.8 Å². The number of nitrogens with one attached hydrogen (secondary N) is 3. The normalized spacial score (nSPS) is 11.3. The molecule has 0 aliphatic carbocycles. The summed E-state index contributed by atoms with van der Waals surface area (Å²) in [5.41, 5.74) is 1.85. The third-order valence-electron chi connectivity index (χ3n) is 3.49. The van der Waals surface area contributed by atoms with Gasteiger partial charge in [-0.15, -0.1) is 11.3 Å². The first-order valence-corrected chi connectivity index (χ1v) is 10.1. The van der Waals surface area contributed by atoms with E-state index in [-0.39, 0.29) is 5.91 Å². The van der Waals surface area contributed by atoms with Crippen LogP contribution in [-0.4, -0.2) is 29.9 Å². The van der Waals surface area contributed by atoms with Gasteiger partial charge in [-0.1, -0.05) is 15.9 Å². The highest BCUT2D eigenvalue weighted by atomic mass is 79.9. The lowest BCUT2D eigenvalue weighted by Crippen LogP contribution is -2.38. The van der Waals surface area contributed by atoms with E-state index in [4.69, 9.17) is 0 Å². The van der Waals surface area contributed by atoms with Gasteiger partial charge < -0.3 is 16.0 Å². The molecule has 8 heteroatoms. The van der Waals surface area contributed by atoms with Gasteiger partial charge in [-0.25, -0.2) is 9.98 Å². The molecule has 0 aliphatic heterocycles. The molecule has 0 radical (unpaired) electrons. The number of aryl methyl sites for hydroxylation is 2. The van der Waals surface area contributed by atoms with Crippen LogP contribution >= 0.6 is 27.3 Å². The zero-order valence-electron chi connectivity index (χ0n) is 15.2. The van der Waals surface area contributed by atoms with E-state index in [2.05, 4.69) is 41.9 Å². The van der Waals surface area contributed by atoms with E-state index in [0.29, 0.717) is 25.5 Å². The molecular formula is C18H24BrN5OS. The SMILES string of the molecule is CCNC(=NCc1ncc(C)s1)NCCC(=O)Nc1ccc(Br)cc1C. The molecule has 1 aromatic heterocycles. The van der Waals surface area contributed by atoms with E-state index in [0.717, 1.165) is 27.3 Å². The number of carbonyl (C=O) groups is 1. The highest BCUT2D eigenvalue weighted by Crippen LogP contribution is 2.20. The predicted molar refractivity (Wildman–Crippen MR) is 112 cm³/mol. The van der Waals surface area contributed by atoms with Crippen molar-refractivity contribution in [3.8, 4) is 0 Å². The summed E-state index contributed by atoms with van der Waals surface area (Å²) in [6.07, 6.45) is 2.21. The fourth-order valence-electron chi connectivity index (χ4n) is 2.24. The number of benzene rings is 1. The number of hydrogen-bond donors (Lipinski definition) is 3. The molecule has 6 nitrogen and oxygen atoms in total. The van der Waals surface area contributed by atoms with Crippen molar-refractivity contribution in [1.29, 1.82) is 0 Å². The first-order valence-electron chi connectivity index (χ1n) is 8.47. The van der Waals surface area contributed by atoms with Crippen LogP contribution in [0.4, 0.5) is 5.69 Å². The number of halogens is 1. The number of aliphatic imine (C=N–C) groups is 1. The Morgan fingerprint density at radius 2 is 2.12 bits per heavy atom. The number of nitrogens with zero attached hydrogens (tertiary/aromatic N) is 2. The molecule has 0 aliphatic rings. The van der Waals surface area contributed by atoms with Crippen LogP contribution in [0.2, 0.25) is 0 Å². The molecule has 26 heavy (non-hydrogen) atoms. The lowest BCUT2D eigenvalue weighted by atomic mass is 10.2. The maximum atomic E-state index is 12.1. The van der Waals surface area contributed by atoms with E-state index in [9.17, 15) is 4.79 Å². The number of hydrogen-bond acceptors (Lipinski definition) is 4. The summed E-state index contributed by atoms with van der Waals surface area (Å²) in [5, 5.41) is 10.3. The second kappa shape index (κ2) is 10.3. The third-order valence-corrected chi connectivity index (χ3v) is 4.88. The molecule has 2 aromatic rings. The number of aromatic nitrogens is 1. The van der Waals surface area contributed by atoms with Crippen LogP contribution in [0.1, 0.15) is 28.8 Å². The molecule has 0 spiro atoms. The summed E-state index contributed by atoms with van der Waals surface area (Å²) in [6.45, 7) is 7.79.